The number of hydrogen-bond acceptors (Lipinski definition) is 6. The lowest BCUT2D eigenvalue weighted by Gasteiger charge is -2.11. The summed E-state index contributed by atoms with van der Waals surface area (Å²) < 4.78 is 5.15. The maximum atomic E-state index is 12.0. The third-order valence-corrected chi connectivity index (χ3v) is 2.49. The van der Waals surface area contributed by atoms with Gasteiger partial charge in [-0.25, -0.2) is 0 Å². The van der Waals surface area contributed by atoms with Crippen LogP contribution >= 0.6 is 0 Å². The summed E-state index contributed by atoms with van der Waals surface area (Å²) >= 11 is 0. The number of aromatic amines is 1. The molecule has 0 radical (unpaired) electrons. The van der Waals surface area contributed by atoms with Gasteiger partial charge in [-0.05, 0) is 18.2 Å². The van der Waals surface area contributed by atoms with Crippen LogP contribution in [-0.4, -0.2) is 34.1 Å². The number of hydrogen-bond donors (Lipinski definition) is 4. The molecule has 5 N–H and O–H groups in total. The molecule has 21 heavy (non-hydrogen) atoms. The molecular formula is C12H14N6O3. The van der Waals surface area contributed by atoms with E-state index in [4.69, 9.17) is 10.5 Å². The van der Waals surface area contributed by atoms with E-state index in [-0.39, 0.29) is 17.7 Å². The third kappa shape index (κ3) is 3.47. The van der Waals surface area contributed by atoms with Crippen LogP contribution in [0.5, 0.6) is 5.75 Å². The van der Waals surface area contributed by atoms with E-state index >= 15 is 0 Å². The monoisotopic (exact) mass is 290 g/mol. The summed E-state index contributed by atoms with van der Waals surface area (Å²) in [6.07, 6.45) is 0. The number of anilines is 3. The molecule has 0 fully saturated rings. The van der Waals surface area contributed by atoms with Crippen LogP contribution in [0.4, 0.5) is 17.3 Å². The summed E-state index contributed by atoms with van der Waals surface area (Å²) in [7, 11) is 1.47. The molecule has 0 unspecified atom stereocenters. The largest absolute Gasteiger partial charge is 0.495 e. The summed E-state index contributed by atoms with van der Waals surface area (Å²) in [6.45, 7) is 1.39. The average molecular weight is 290 g/mol. The van der Waals surface area contributed by atoms with Gasteiger partial charge in [0.15, 0.2) is 0 Å². The Bertz CT molecular complexity index is 681. The fourth-order valence-corrected chi connectivity index (χ4v) is 1.64. The average Bonchev–Trinajstić information content (AvgIpc) is 2.85. The van der Waals surface area contributed by atoms with Crippen molar-refractivity contribution in [2.45, 2.75) is 6.92 Å². The number of rotatable bonds is 4. The summed E-state index contributed by atoms with van der Waals surface area (Å²) in [6, 6.07) is 4.84. The topological polar surface area (TPSA) is 135 Å². The molecule has 2 rings (SSSR count). The molecular weight excluding hydrogens is 276 g/mol. The molecule has 0 spiro atoms. The van der Waals surface area contributed by atoms with E-state index in [0.29, 0.717) is 17.1 Å². The number of nitrogens with one attached hydrogen (secondary N) is 3. The Morgan fingerprint density at radius 1 is 1.33 bits per heavy atom. The van der Waals surface area contributed by atoms with Crippen LogP contribution in [0.25, 0.3) is 0 Å². The molecule has 2 aromatic rings. The highest BCUT2D eigenvalue weighted by molar-refractivity contribution is 6.03. The van der Waals surface area contributed by atoms with Gasteiger partial charge in [0.05, 0.1) is 12.8 Å². The zero-order chi connectivity index (χ0) is 15.4. The second-order valence-electron chi connectivity index (χ2n) is 4.09. The second kappa shape index (κ2) is 5.90. The molecule has 0 aliphatic rings. The molecule has 9 heteroatoms. The summed E-state index contributed by atoms with van der Waals surface area (Å²) in [5.41, 5.74) is 6.24. The van der Waals surface area contributed by atoms with Crippen molar-refractivity contribution in [3.63, 3.8) is 0 Å². The van der Waals surface area contributed by atoms with Crippen molar-refractivity contribution >= 4 is 29.1 Å². The fraction of sp³-hybridized carbons (Fsp3) is 0.167. The lowest BCUT2D eigenvalue weighted by Crippen LogP contribution is -2.15. The van der Waals surface area contributed by atoms with Gasteiger partial charge in [-0.2, -0.15) is 4.98 Å². The normalized spacial score (nSPS) is 10.0. The second-order valence-corrected chi connectivity index (χ2v) is 4.09. The highest BCUT2D eigenvalue weighted by Gasteiger charge is 2.14. The van der Waals surface area contributed by atoms with Crippen molar-refractivity contribution in [1.82, 2.24) is 15.2 Å². The van der Waals surface area contributed by atoms with E-state index in [1.54, 1.807) is 18.2 Å². The smallest absolute Gasteiger partial charge is 0.293 e. The number of nitrogens with zero attached hydrogens (tertiary/aromatic N) is 2. The van der Waals surface area contributed by atoms with Crippen molar-refractivity contribution in [3.8, 4) is 5.75 Å². The minimum absolute atomic E-state index is 0.0283. The first-order valence-electron chi connectivity index (χ1n) is 5.94. The van der Waals surface area contributed by atoms with E-state index in [2.05, 4.69) is 25.8 Å². The minimum Gasteiger partial charge on any atom is -0.495 e. The highest BCUT2D eigenvalue weighted by Crippen LogP contribution is 2.28. The molecule has 0 saturated carbocycles. The van der Waals surface area contributed by atoms with Gasteiger partial charge in [0, 0.05) is 12.6 Å². The van der Waals surface area contributed by atoms with Gasteiger partial charge in [-0.1, -0.05) is 0 Å². The molecule has 0 aliphatic carbocycles. The van der Waals surface area contributed by atoms with Crippen molar-refractivity contribution in [2.75, 3.05) is 23.5 Å². The molecule has 0 aliphatic heterocycles. The SMILES string of the molecule is COc1ccc(NC(C)=O)cc1NC(=O)c1nc(N)n[nH]1. The van der Waals surface area contributed by atoms with Gasteiger partial charge in [0.1, 0.15) is 5.75 Å². The van der Waals surface area contributed by atoms with Crippen LogP contribution < -0.4 is 21.1 Å². The standard InChI is InChI=1S/C12H14N6O3/c1-6(19)14-7-3-4-9(21-2)8(5-7)15-11(20)10-16-12(13)18-17-10/h3-5H,1-2H3,(H,14,19)(H,15,20)(H3,13,16,17,18). The first-order valence-corrected chi connectivity index (χ1v) is 5.94. The van der Waals surface area contributed by atoms with Crippen LogP contribution in [0.15, 0.2) is 18.2 Å². The Kier molecular flexibility index (Phi) is 4.02. The van der Waals surface area contributed by atoms with Crippen molar-refractivity contribution in [3.05, 3.63) is 24.0 Å². The van der Waals surface area contributed by atoms with Crippen LogP contribution in [0.2, 0.25) is 0 Å². The van der Waals surface area contributed by atoms with Gasteiger partial charge in [-0.15, -0.1) is 5.10 Å². The third-order valence-electron chi connectivity index (χ3n) is 2.49. The Hall–Kier alpha value is -3.10. The summed E-state index contributed by atoms with van der Waals surface area (Å²) in [5.74, 6) is -0.374. The molecule has 1 aromatic carbocycles. The zero-order valence-corrected chi connectivity index (χ0v) is 11.4. The van der Waals surface area contributed by atoms with E-state index in [0.717, 1.165) is 0 Å². The highest BCUT2D eigenvalue weighted by atomic mass is 16.5. The van der Waals surface area contributed by atoms with Crippen molar-refractivity contribution < 1.29 is 14.3 Å². The molecule has 0 atom stereocenters. The minimum atomic E-state index is -0.530. The predicted octanol–water partition coefficient (Wildman–Crippen LogP) is 0.606. The number of aromatic nitrogens is 3. The van der Waals surface area contributed by atoms with Crippen LogP contribution in [-0.2, 0) is 4.79 Å². The van der Waals surface area contributed by atoms with Crippen LogP contribution in [0.1, 0.15) is 17.5 Å². The number of benzene rings is 1. The number of amides is 2. The quantitative estimate of drug-likeness (QED) is 0.651. The number of nitrogens with two attached hydrogens (primary N) is 1. The Morgan fingerprint density at radius 3 is 2.67 bits per heavy atom. The molecule has 9 nitrogen and oxygen atoms in total. The Morgan fingerprint density at radius 2 is 2.10 bits per heavy atom. The van der Waals surface area contributed by atoms with Gasteiger partial charge >= 0.3 is 0 Å². The predicted molar refractivity (Wildman–Crippen MR) is 76.0 cm³/mol. The number of ether oxygens (including phenoxy) is 1. The van der Waals surface area contributed by atoms with Gasteiger partial charge in [0.2, 0.25) is 17.7 Å². The van der Waals surface area contributed by atoms with Gasteiger partial charge in [0.25, 0.3) is 5.91 Å². The summed E-state index contributed by atoms with van der Waals surface area (Å²) in [5, 5.41) is 11.2. The molecule has 1 heterocycles. The van der Waals surface area contributed by atoms with Gasteiger partial charge in [-0.3, -0.25) is 14.7 Å². The summed E-state index contributed by atoms with van der Waals surface area (Å²) in [4.78, 5) is 26.8. The molecule has 1 aromatic heterocycles. The lowest BCUT2D eigenvalue weighted by molar-refractivity contribution is -0.114. The first-order chi connectivity index (χ1) is 9.99. The van der Waals surface area contributed by atoms with Crippen LogP contribution in [0, 0.1) is 0 Å². The van der Waals surface area contributed by atoms with E-state index < -0.39 is 5.91 Å². The number of carbonyl (C=O) groups is 2. The molecule has 0 saturated heterocycles. The van der Waals surface area contributed by atoms with Gasteiger partial charge < -0.3 is 21.1 Å². The number of carbonyl (C=O) groups excluding carboxylic acids is 2. The zero-order valence-electron chi connectivity index (χ0n) is 11.4. The van der Waals surface area contributed by atoms with Crippen LogP contribution in [0.3, 0.4) is 0 Å². The number of H-pyrrole nitrogens is 1. The maximum Gasteiger partial charge on any atom is 0.293 e. The maximum absolute atomic E-state index is 12.0. The number of nitrogen functional groups attached to an aromatic ring is 1. The van der Waals surface area contributed by atoms with Crippen molar-refractivity contribution in [1.29, 1.82) is 0 Å². The van der Waals surface area contributed by atoms with E-state index in [1.807, 2.05) is 0 Å². The Labute approximate surface area is 119 Å². The first kappa shape index (κ1) is 14.3. The molecule has 110 valence electrons. The van der Waals surface area contributed by atoms with E-state index in [9.17, 15) is 9.59 Å². The molecule has 0 bridgehead atoms. The van der Waals surface area contributed by atoms with E-state index in [1.165, 1.54) is 14.0 Å². The molecule has 2 amide bonds. The lowest BCUT2D eigenvalue weighted by atomic mass is 10.2. The fourth-order valence-electron chi connectivity index (χ4n) is 1.64. The Balaban J connectivity index is 2.24. The number of methoxy groups -OCH3 is 1. The van der Waals surface area contributed by atoms with Crippen molar-refractivity contribution in [2.24, 2.45) is 0 Å².